The van der Waals surface area contributed by atoms with Gasteiger partial charge in [0.25, 0.3) is 0 Å². The van der Waals surface area contributed by atoms with Crippen LogP contribution in [0, 0.1) is 5.92 Å². The third kappa shape index (κ3) is 5.12. The Kier molecular flexibility index (Phi) is 6.17. The van der Waals surface area contributed by atoms with Crippen LogP contribution in [0.1, 0.15) is 12.5 Å². The van der Waals surface area contributed by atoms with E-state index in [4.69, 9.17) is 10.5 Å². The highest BCUT2D eigenvalue weighted by atomic mass is 16.5. The van der Waals surface area contributed by atoms with E-state index >= 15 is 0 Å². The minimum atomic E-state index is -0.144. The van der Waals surface area contributed by atoms with Crippen molar-refractivity contribution >= 4 is 5.91 Å². The number of ether oxygens (including phenoxy) is 1. The number of amides is 1. The lowest BCUT2D eigenvalue weighted by atomic mass is 10.1. The number of benzene rings is 1. The van der Waals surface area contributed by atoms with Crippen molar-refractivity contribution in [2.24, 2.45) is 11.7 Å². The molecule has 0 aliphatic carbocycles. The van der Waals surface area contributed by atoms with Gasteiger partial charge in [-0.15, -0.1) is 0 Å². The molecule has 3 N–H and O–H groups in total. The molecule has 5 nitrogen and oxygen atoms in total. The molecule has 116 valence electrons. The lowest BCUT2D eigenvalue weighted by Gasteiger charge is -2.33. The van der Waals surface area contributed by atoms with E-state index in [1.807, 2.05) is 13.0 Å². The van der Waals surface area contributed by atoms with Crippen LogP contribution in [-0.2, 0) is 16.1 Å². The topological polar surface area (TPSA) is 67.6 Å². The van der Waals surface area contributed by atoms with Gasteiger partial charge in [0.15, 0.2) is 0 Å². The smallest absolute Gasteiger partial charge is 0.224 e. The first-order valence-electron chi connectivity index (χ1n) is 7.54. The van der Waals surface area contributed by atoms with Gasteiger partial charge in [-0.05, 0) is 5.56 Å². The van der Waals surface area contributed by atoms with E-state index < -0.39 is 0 Å². The third-order valence-corrected chi connectivity index (χ3v) is 3.78. The molecule has 1 saturated heterocycles. The maximum Gasteiger partial charge on any atom is 0.224 e. The second-order valence-corrected chi connectivity index (χ2v) is 5.60. The number of nitrogens with two attached hydrogens (primary N) is 1. The van der Waals surface area contributed by atoms with Crippen LogP contribution >= 0.6 is 0 Å². The quantitative estimate of drug-likeness (QED) is 0.805. The minimum absolute atomic E-state index is 0.00119. The zero-order valence-electron chi connectivity index (χ0n) is 12.6. The number of morpholine rings is 1. The lowest BCUT2D eigenvalue weighted by molar-refractivity contribution is -0.125. The van der Waals surface area contributed by atoms with Gasteiger partial charge < -0.3 is 15.8 Å². The average molecular weight is 291 g/mol. The molecule has 0 saturated carbocycles. The molecule has 1 heterocycles. The maximum atomic E-state index is 11.7. The fraction of sp³-hybridized carbons (Fsp3) is 0.562. The molecule has 1 fully saturated rings. The van der Waals surface area contributed by atoms with Crippen molar-refractivity contribution in [1.29, 1.82) is 0 Å². The summed E-state index contributed by atoms with van der Waals surface area (Å²) >= 11 is 0. The molecule has 1 aromatic carbocycles. The standard InChI is InChI=1S/C16H25N3O2/c1-13(9-17)16(20)18-10-15-12-19(7-8-21-15)11-14-5-3-2-4-6-14/h2-6,13,15H,7-12,17H2,1H3,(H,18,20). The van der Waals surface area contributed by atoms with Crippen LogP contribution in [-0.4, -0.2) is 49.7 Å². The Labute approximate surface area is 126 Å². The molecule has 2 atom stereocenters. The van der Waals surface area contributed by atoms with Crippen molar-refractivity contribution in [3.8, 4) is 0 Å². The Morgan fingerprint density at radius 3 is 2.95 bits per heavy atom. The fourth-order valence-corrected chi connectivity index (χ4v) is 2.38. The van der Waals surface area contributed by atoms with Crippen LogP contribution in [0.5, 0.6) is 0 Å². The molecule has 1 amide bonds. The summed E-state index contributed by atoms with van der Waals surface area (Å²) in [6.07, 6.45) is 0.0522. The van der Waals surface area contributed by atoms with E-state index in [-0.39, 0.29) is 17.9 Å². The lowest BCUT2D eigenvalue weighted by Crippen LogP contribution is -2.48. The normalized spacial score (nSPS) is 21.0. The number of nitrogens with zero attached hydrogens (tertiary/aromatic N) is 1. The summed E-state index contributed by atoms with van der Waals surface area (Å²) in [5.74, 6) is -0.143. The van der Waals surface area contributed by atoms with Gasteiger partial charge in [0.1, 0.15) is 0 Å². The summed E-state index contributed by atoms with van der Waals surface area (Å²) in [5.41, 5.74) is 6.79. The van der Waals surface area contributed by atoms with E-state index in [0.29, 0.717) is 19.7 Å². The largest absolute Gasteiger partial charge is 0.374 e. The maximum absolute atomic E-state index is 11.7. The average Bonchev–Trinajstić information content (AvgIpc) is 2.53. The molecule has 5 heteroatoms. The number of hydrogen-bond donors (Lipinski definition) is 2. The summed E-state index contributed by atoms with van der Waals surface area (Å²) in [5, 5.41) is 2.92. The molecule has 1 aliphatic heterocycles. The highest BCUT2D eigenvalue weighted by Crippen LogP contribution is 2.10. The predicted octanol–water partition coefficient (Wildman–Crippen LogP) is 0.598. The molecular weight excluding hydrogens is 266 g/mol. The molecule has 2 unspecified atom stereocenters. The zero-order chi connectivity index (χ0) is 15.1. The summed E-state index contributed by atoms with van der Waals surface area (Å²) in [6, 6.07) is 10.4. The summed E-state index contributed by atoms with van der Waals surface area (Å²) in [6.45, 7) is 6.16. The highest BCUT2D eigenvalue weighted by Gasteiger charge is 2.21. The van der Waals surface area contributed by atoms with Gasteiger partial charge in [0.2, 0.25) is 5.91 Å². The molecule has 21 heavy (non-hydrogen) atoms. The number of carbonyl (C=O) groups is 1. The summed E-state index contributed by atoms with van der Waals surface area (Å²) in [4.78, 5) is 14.1. The first-order chi connectivity index (χ1) is 10.2. The molecule has 0 bridgehead atoms. The zero-order valence-corrected chi connectivity index (χ0v) is 12.6. The summed E-state index contributed by atoms with van der Waals surface area (Å²) < 4.78 is 5.72. The van der Waals surface area contributed by atoms with Gasteiger partial charge in [-0.3, -0.25) is 9.69 Å². The Hall–Kier alpha value is -1.43. The fourth-order valence-electron chi connectivity index (χ4n) is 2.38. The molecule has 0 spiro atoms. The van der Waals surface area contributed by atoms with Crippen LogP contribution in [0.25, 0.3) is 0 Å². The SMILES string of the molecule is CC(CN)C(=O)NCC1CN(Cc2ccccc2)CCO1. The van der Waals surface area contributed by atoms with Crippen LogP contribution in [0.2, 0.25) is 0 Å². The number of rotatable bonds is 6. The number of hydrogen-bond acceptors (Lipinski definition) is 4. The molecule has 1 aliphatic rings. The van der Waals surface area contributed by atoms with Gasteiger partial charge >= 0.3 is 0 Å². The first-order valence-corrected chi connectivity index (χ1v) is 7.54. The van der Waals surface area contributed by atoms with Crippen molar-refractivity contribution < 1.29 is 9.53 Å². The van der Waals surface area contributed by atoms with Gasteiger partial charge in [-0.25, -0.2) is 0 Å². The minimum Gasteiger partial charge on any atom is -0.374 e. The van der Waals surface area contributed by atoms with Crippen LogP contribution < -0.4 is 11.1 Å². The van der Waals surface area contributed by atoms with E-state index in [1.165, 1.54) is 5.56 Å². The number of nitrogens with one attached hydrogen (secondary N) is 1. The van der Waals surface area contributed by atoms with E-state index in [0.717, 1.165) is 19.6 Å². The van der Waals surface area contributed by atoms with Crippen molar-refractivity contribution in [2.45, 2.75) is 19.6 Å². The summed E-state index contributed by atoms with van der Waals surface area (Å²) in [7, 11) is 0. The molecule has 1 aromatic rings. The van der Waals surface area contributed by atoms with Crippen molar-refractivity contribution in [2.75, 3.05) is 32.8 Å². The van der Waals surface area contributed by atoms with Gasteiger partial charge in [0, 0.05) is 38.6 Å². The number of carbonyl (C=O) groups excluding carboxylic acids is 1. The second kappa shape index (κ2) is 8.12. The van der Waals surface area contributed by atoms with Gasteiger partial charge in [0.05, 0.1) is 12.7 Å². The van der Waals surface area contributed by atoms with Crippen molar-refractivity contribution in [3.63, 3.8) is 0 Å². The Morgan fingerprint density at radius 1 is 1.48 bits per heavy atom. The second-order valence-electron chi connectivity index (χ2n) is 5.60. The van der Waals surface area contributed by atoms with Crippen molar-refractivity contribution in [1.82, 2.24) is 10.2 Å². The van der Waals surface area contributed by atoms with Crippen LogP contribution in [0.3, 0.4) is 0 Å². The molecule has 0 aromatic heterocycles. The van der Waals surface area contributed by atoms with Crippen LogP contribution in [0.15, 0.2) is 30.3 Å². The van der Waals surface area contributed by atoms with Crippen LogP contribution in [0.4, 0.5) is 0 Å². The van der Waals surface area contributed by atoms with Gasteiger partial charge in [-0.2, -0.15) is 0 Å². The monoisotopic (exact) mass is 291 g/mol. The van der Waals surface area contributed by atoms with E-state index in [1.54, 1.807) is 0 Å². The Bertz CT molecular complexity index is 438. The highest BCUT2D eigenvalue weighted by molar-refractivity contribution is 5.78. The molecule has 0 radical (unpaired) electrons. The Balaban J connectivity index is 1.77. The van der Waals surface area contributed by atoms with Gasteiger partial charge in [-0.1, -0.05) is 37.3 Å². The molecular formula is C16H25N3O2. The predicted molar refractivity (Wildman–Crippen MR) is 82.7 cm³/mol. The van der Waals surface area contributed by atoms with Crippen molar-refractivity contribution in [3.05, 3.63) is 35.9 Å². The van der Waals surface area contributed by atoms with E-state index in [2.05, 4.69) is 34.5 Å². The first kappa shape index (κ1) is 15.9. The Morgan fingerprint density at radius 2 is 2.24 bits per heavy atom. The third-order valence-electron chi connectivity index (χ3n) is 3.78. The van der Waals surface area contributed by atoms with E-state index in [9.17, 15) is 4.79 Å². The molecule has 2 rings (SSSR count).